The van der Waals surface area contributed by atoms with Gasteiger partial charge in [-0.05, 0) is 43.9 Å². The molecule has 0 radical (unpaired) electrons. The lowest BCUT2D eigenvalue weighted by molar-refractivity contribution is 0.0672. The number of nitrogens with zero attached hydrogens (tertiary/aromatic N) is 3. The number of fused-ring (bicyclic) bond motifs is 2. The van der Waals surface area contributed by atoms with Crippen molar-refractivity contribution in [1.82, 2.24) is 19.9 Å². The maximum atomic E-state index is 9.72. The van der Waals surface area contributed by atoms with Crippen LogP contribution in [0, 0.1) is 0 Å². The Morgan fingerprint density at radius 2 is 1.97 bits per heavy atom. The van der Waals surface area contributed by atoms with Crippen LogP contribution in [0.25, 0.3) is 21.9 Å². The van der Waals surface area contributed by atoms with E-state index in [9.17, 15) is 10.2 Å². The smallest absolute Gasteiger partial charge is 0.227 e. The molecule has 30 heavy (non-hydrogen) atoms. The lowest BCUT2D eigenvalue weighted by Gasteiger charge is -2.26. The number of ether oxygens (including phenoxy) is 1. The van der Waals surface area contributed by atoms with Crippen molar-refractivity contribution in [2.24, 2.45) is 0 Å². The second-order valence-electron chi connectivity index (χ2n) is 7.65. The molecule has 2 aromatic heterocycles. The van der Waals surface area contributed by atoms with Crippen LogP contribution in [0.15, 0.2) is 42.9 Å². The van der Waals surface area contributed by atoms with Crippen molar-refractivity contribution in [2.45, 2.75) is 44.5 Å². The molecule has 0 saturated heterocycles. The number of benzene rings is 2. The van der Waals surface area contributed by atoms with Crippen LogP contribution in [0.2, 0.25) is 0 Å². The molecule has 1 fully saturated rings. The first-order valence-corrected chi connectivity index (χ1v) is 10.1. The van der Waals surface area contributed by atoms with Gasteiger partial charge in [0, 0.05) is 22.8 Å². The van der Waals surface area contributed by atoms with Crippen molar-refractivity contribution >= 4 is 33.6 Å². The molecule has 2 heterocycles. The van der Waals surface area contributed by atoms with E-state index >= 15 is 0 Å². The van der Waals surface area contributed by atoms with Crippen molar-refractivity contribution in [3.05, 3.63) is 48.4 Å². The van der Waals surface area contributed by atoms with Gasteiger partial charge in [-0.3, -0.25) is 0 Å². The zero-order valence-electron chi connectivity index (χ0n) is 16.4. The first-order valence-electron chi connectivity index (χ1n) is 10.1. The maximum Gasteiger partial charge on any atom is 0.227 e. The number of rotatable bonds is 5. The molecular formula is C22H23N5O3. The molecule has 0 unspecified atom stereocenters. The Morgan fingerprint density at radius 3 is 2.80 bits per heavy atom. The third-order valence-corrected chi connectivity index (χ3v) is 5.54. The first kappa shape index (κ1) is 18.8. The largest absolute Gasteiger partial charge is 0.488 e. The van der Waals surface area contributed by atoms with Crippen LogP contribution in [0.5, 0.6) is 5.75 Å². The van der Waals surface area contributed by atoms with Gasteiger partial charge in [-0.15, -0.1) is 0 Å². The van der Waals surface area contributed by atoms with Crippen molar-refractivity contribution in [3.63, 3.8) is 0 Å². The summed E-state index contributed by atoms with van der Waals surface area (Å²) in [5.41, 5.74) is 3.80. The molecule has 4 N–H and O–H groups in total. The topological polar surface area (TPSA) is 116 Å². The number of aliphatic hydroxyl groups is 2. The first-order chi connectivity index (χ1) is 14.7. The highest BCUT2D eigenvalue weighted by Gasteiger charge is 2.21. The Kier molecular flexibility index (Phi) is 4.94. The summed E-state index contributed by atoms with van der Waals surface area (Å²) in [5, 5.41) is 23.5. The maximum absolute atomic E-state index is 9.72. The molecule has 0 amide bonds. The number of hydrogen-bond donors (Lipinski definition) is 4. The van der Waals surface area contributed by atoms with Crippen LogP contribution < -0.4 is 10.1 Å². The zero-order valence-corrected chi connectivity index (χ0v) is 16.4. The Bertz CT molecular complexity index is 1180. The SMILES string of the molecule is OCc1cc(Nc2ncc3cccc(O[C@H]4CC[C@@H](O)CC4)c3n2)cc2[nH]cnc12. The summed E-state index contributed by atoms with van der Waals surface area (Å²) in [4.78, 5) is 16.4. The van der Waals surface area contributed by atoms with E-state index in [1.54, 1.807) is 12.5 Å². The number of nitrogens with one attached hydrogen (secondary N) is 2. The number of anilines is 2. The molecule has 1 aliphatic carbocycles. The minimum absolute atomic E-state index is 0.0836. The normalized spacial score (nSPS) is 19.3. The van der Waals surface area contributed by atoms with E-state index in [0.717, 1.165) is 64.6 Å². The Morgan fingerprint density at radius 1 is 1.10 bits per heavy atom. The average Bonchev–Trinajstić information content (AvgIpc) is 3.24. The van der Waals surface area contributed by atoms with Gasteiger partial charge in [0.15, 0.2) is 0 Å². The molecule has 2 aromatic carbocycles. The monoisotopic (exact) mass is 405 g/mol. The number of aliphatic hydroxyl groups excluding tert-OH is 2. The quantitative estimate of drug-likeness (QED) is 0.402. The van der Waals surface area contributed by atoms with Gasteiger partial charge in [0.1, 0.15) is 11.3 Å². The van der Waals surface area contributed by atoms with E-state index in [1.807, 2.05) is 30.3 Å². The fourth-order valence-corrected chi connectivity index (χ4v) is 3.97. The van der Waals surface area contributed by atoms with E-state index in [4.69, 9.17) is 4.74 Å². The fraction of sp³-hybridized carbons (Fsp3) is 0.318. The number of imidazole rings is 1. The number of aromatic nitrogens is 4. The van der Waals surface area contributed by atoms with Crippen LogP contribution >= 0.6 is 0 Å². The number of para-hydroxylation sites is 1. The lowest BCUT2D eigenvalue weighted by atomic mass is 9.95. The summed E-state index contributed by atoms with van der Waals surface area (Å²) in [6.45, 7) is -0.108. The average molecular weight is 405 g/mol. The van der Waals surface area contributed by atoms with Gasteiger partial charge in [0.05, 0.1) is 36.2 Å². The van der Waals surface area contributed by atoms with Crippen LogP contribution in [-0.4, -0.2) is 42.4 Å². The van der Waals surface area contributed by atoms with Gasteiger partial charge in [-0.2, -0.15) is 0 Å². The predicted octanol–water partition coefficient (Wildman–Crippen LogP) is 3.42. The van der Waals surface area contributed by atoms with E-state index in [1.165, 1.54) is 0 Å². The van der Waals surface area contributed by atoms with Gasteiger partial charge in [-0.25, -0.2) is 15.0 Å². The van der Waals surface area contributed by atoms with Crippen molar-refractivity contribution in [1.29, 1.82) is 0 Å². The summed E-state index contributed by atoms with van der Waals surface area (Å²) in [7, 11) is 0. The number of hydrogen-bond acceptors (Lipinski definition) is 7. The minimum Gasteiger partial charge on any atom is -0.488 e. The molecule has 1 aliphatic rings. The molecule has 1 saturated carbocycles. The molecule has 0 aliphatic heterocycles. The molecule has 0 spiro atoms. The van der Waals surface area contributed by atoms with Crippen LogP contribution in [0.4, 0.5) is 11.6 Å². The Hall–Kier alpha value is -3.23. The minimum atomic E-state index is -0.216. The van der Waals surface area contributed by atoms with Crippen LogP contribution in [-0.2, 0) is 6.61 Å². The van der Waals surface area contributed by atoms with E-state index < -0.39 is 0 Å². The zero-order chi connectivity index (χ0) is 20.5. The molecule has 0 bridgehead atoms. The predicted molar refractivity (Wildman–Crippen MR) is 114 cm³/mol. The highest BCUT2D eigenvalue weighted by molar-refractivity contribution is 5.86. The molecule has 5 rings (SSSR count). The highest BCUT2D eigenvalue weighted by Crippen LogP contribution is 2.30. The number of H-pyrrole nitrogens is 1. The third kappa shape index (κ3) is 3.67. The summed E-state index contributed by atoms with van der Waals surface area (Å²) in [5.74, 6) is 1.17. The third-order valence-electron chi connectivity index (χ3n) is 5.54. The summed E-state index contributed by atoms with van der Waals surface area (Å²) in [6, 6.07) is 9.56. The van der Waals surface area contributed by atoms with Gasteiger partial charge >= 0.3 is 0 Å². The Labute approximate surface area is 173 Å². The fourth-order valence-electron chi connectivity index (χ4n) is 3.97. The van der Waals surface area contributed by atoms with Crippen molar-refractivity contribution < 1.29 is 14.9 Å². The van der Waals surface area contributed by atoms with Gasteiger partial charge in [-0.1, -0.05) is 12.1 Å². The second kappa shape index (κ2) is 7.89. The molecule has 8 heteroatoms. The molecule has 154 valence electrons. The van der Waals surface area contributed by atoms with Gasteiger partial charge in [0.2, 0.25) is 5.95 Å². The van der Waals surface area contributed by atoms with E-state index in [0.29, 0.717) is 5.95 Å². The van der Waals surface area contributed by atoms with E-state index in [2.05, 4.69) is 25.3 Å². The molecule has 8 nitrogen and oxygen atoms in total. The molecule has 4 aromatic rings. The Balaban J connectivity index is 1.44. The number of aromatic amines is 1. The van der Waals surface area contributed by atoms with Crippen LogP contribution in [0.1, 0.15) is 31.2 Å². The summed E-state index contributed by atoms with van der Waals surface area (Å²) >= 11 is 0. The summed E-state index contributed by atoms with van der Waals surface area (Å²) < 4.78 is 6.23. The lowest BCUT2D eigenvalue weighted by Crippen LogP contribution is -2.26. The van der Waals surface area contributed by atoms with E-state index in [-0.39, 0.29) is 18.8 Å². The molecule has 0 atom stereocenters. The van der Waals surface area contributed by atoms with Gasteiger partial charge < -0.3 is 25.3 Å². The summed E-state index contributed by atoms with van der Waals surface area (Å²) in [6.07, 6.45) is 6.44. The van der Waals surface area contributed by atoms with Gasteiger partial charge in [0.25, 0.3) is 0 Å². The highest BCUT2D eigenvalue weighted by atomic mass is 16.5. The van der Waals surface area contributed by atoms with Crippen molar-refractivity contribution in [3.8, 4) is 5.75 Å². The second-order valence-corrected chi connectivity index (χ2v) is 7.65. The molecular weight excluding hydrogens is 382 g/mol. The van der Waals surface area contributed by atoms with Crippen LogP contribution in [0.3, 0.4) is 0 Å². The standard InChI is InChI=1S/C22H23N5O3/c28-11-14-8-15(9-18-20(14)25-12-24-18)26-22-23-10-13-2-1-3-19(21(13)27-22)30-17-6-4-16(29)5-7-17/h1-3,8-10,12,16-17,28-29H,4-7,11H2,(H,24,25)(H,23,26,27)/t16-,17+. The van der Waals surface area contributed by atoms with Crippen molar-refractivity contribution in [2.75, 3.05) is 5.32 Å².